The lowest BCUT2D eigenvalue weighted by molar-refractivity contribution is -0.115. The van der Waals surface area contributed by atoms with Crippen molar-refractivity contribution in [2.75, 3.05) is 36.8 Å². The third-order valence-corrected chi connectivity index (χ3v) is 6.70. The van der Waals surface area contributed by atoms with Crippen LogP contribution in [0, 0.1) is 0 Å². The Kier molecular flexibility index (Phi) is 5.28. The third kappa shape index (κ3) is 3.59. The van der Waals surface area contributed by atoms with Crippen LogP contribution in [-0.2, 0) is 4.79 Å². The molecule has 28 heavy (non-hydrogen) atoms. The molecule has 0 radical (unpaired) electrons. The highest BCUT2D eigenvalue weighted by Crippen LogP contribution is 2.43. The second kappa shape index (κ2) is 7.85. The van der Waals surface area contributed by atoms with Crippen LogP contribution in [0.5, 0.6) is 5.75 Å². The normalized spacial score (nSPS) is 16.5. The maximum absolute atomic E-state index is 12.6. The van der Waals surface area contributed by atoms with Crippen LogP contribution in [0.1, 0.15) is 10.9 Å². The van der Waals surface area contributed by atoms with E-state index in [9.17, 15) is 4.79 Å². The smallest absolute Gasteiger partial charge is 0.240 e. The van der Waals surface area contributed by atoms with E-state index < -0.39 is 0 Å². The Balaban J connectivity index is 1.61. The van der Waals surface area contributed by atoms with Crippen molar-refractivity contribution < 1.29 is 9.53 Å². The largest absolute Gasteiger partial charge is 0.497 e. The number of aromatic nitrogens is 1. The van der Waals surface area contributed by atoms with Gasteiger partial charge in [-0.25, -0.2) is 4.98 Å². The molecule has 5 nitrogen and oxygen atoms in total. The van der Waals surface area contributed by atoms with Crippen LogP contribution in [0.15, 0.2) is 53.9 Å². The lowest BCUT2D eigenvalue weighted by Gasteiger charge is -2.22. The molecule has 7 heteroatoms. The fourth-order valence-corrected chi connectivity index (χ4v) is 5.18. The van der Waals surface area contributed by atoms with Crippen molar-refractivity contribution in [3.8, 4) is 17.0 Å². The van der Waals surface area contributed by atoms with E-state index in [0.717, 1.165) is 33.4 Å². The number of amides is 1. The summed E-state index contributed by atoms with van der Waals surface area (Å²) in [5.41, 5.74) is 4.13. The van der Waals surface area contributed by atoms with E-state index in [2.05, 4.69) is 29.2 Å². The number of rotatable bonds is 5. The summed E-state index contributed by atoms with van der Waals surface area (Å²) in [5.74, 6) is 1.38. The molecule has 0 saturated carbocycles. The Hall–Kier alpha value is -2.51. The van der Waals surface area contributed by atoms with Gasteiger partial charge in [0.2, 0.25) is 5.91 Å². The number of hydrogen-bond donors (Lipinski definition) is 0. The number of thiazole rings is 1. The topological polar surface area (TPSA) is 45.7 Å². The number of thioether (sulfide) groups is 1. The van der Waals surface area contributed by atoms with Gasteiger partial charge in [-0.2, -0.15) is 0 Å². The fraction of sp³-hybridized carbons (Fsp3) is 0.238. The lowest BCUT2D eigenvalue weighted by Crippen LogP contribution is -2.27. The van der Waals surface area contributed by atoms with Crippen LogP contribution in [0.4, 0.5) is 10.8 Å². The molecule has 1 saturated heterocycles. The summed E-state index contributed by atoms with van der Waals surface area (Å²) < 4.78 is 5.22. The number of carbonyl (C=O) groups excluding carboxylic acids is 1. The van der Waals surface area contributed by atoms with Gasteiger partial charge in [-0.3, -0.25) is 9.69 Å². The van der Waals surface area contributed by atoms with Crippen molar-refractivity contribution in [1.82, 2.24) is 4.98 Å². The van der Waals surface area contributed by atoms with Gasteiger partial charge in [0.1, 0.15) is 11.1 Å². The third-order valence-electron chi connectivity index (χ3n) is 4.65. The molecule has 1 amide bonds. The van der Waals surface area contributed by atoms with Crippen LogP contribution in [0.25, 0.3) is 11.3 Å². The Morgan fingerprint density at radius 3 is 2.46 bits per heavy atom. The summed E-state index contributed by atoms with van der Waals surface area (Å²) in [5, 5.41) is 2.70. The first kappa shape index (κ1) is 18.8. The quantitative estimate of drug-likeness (QED) is 0.611. The van der Waals surface area contributed by atoms with E-state index in [-0.39, 0.29) is 11.3 Å². The summed E-state index contributed by atoms with van der Waals surface area (Å²) in [6, 6.07) is 16.2. The van der Waals surface area contributed by atoms with Crippen molar-refractivity contribution in [1.29, 1.82) is 0 Å². The van der Waals surface area contributed by atoms with E-state index >= 15 is 0 Å². The minimum atomic E-state index is -0.0430. The summed E-state index contributed by atoms with van der Waals surface area (Å²) in [6.07, 6.45) is 0. The van der Waals surface area contributed by atoms with Crippen LogP contribution in [0.2, 0.25) is 0 Å². The predicted molar refractivity (Wildman–Crippen MR) is 118 cm³/mol. The molecule has 0 bridgehead atoms. The van der Waals surface area contributed by atoms with Crippen molar-refractivity contribution in [3.05, 3.63) is 59.5 Å². The number of nitrogens with zero attached hydrogens (tertiary/aromatic N) is 3. The first-order valence-corrected chi connectivity index (χ1v) is 10.8. The Bertz CT molecular complexity index is 968. The molecule has 1 aliphatic rings. The molecule has 0 N–H and O–H groups in total. The van der Waals surface area contributed by atoms with Gasteiger partial charge in [0.25, 0.3) is 0 Å². The van der Waals surface area contributed by atoms with Gasteiger partial charge in [0.15, 0.2) is 5.13 Å². The lowest BCUT2D eigenvalue weighted by atomic mass is 10.2. The van der Waals surface area contributed by atoms with Crippen molar-refractivity contribution in [3.63, 3.8) is 0 Å². The van der Waals surface area contributed by atoms with Gasteiger partial charge in [-0.1, -0.05) is 12.1 Å². The van der Waals surface area contributed by atoms with Crippen molar-refractivity contribution in [2.24, 2.45) is 0 Å². The molecule has 4 rings (SSSR count). The molecular weight excluding hydrogens is 390 g/mol. The molecule has 1 unspecified atom stereocenters. The van der Waals surface area contributed by atoms with Gasteiger partial charge in [0.05, 0.1) is 18.6 Å². The Labute approximate surface area is 173 Å². The minimum absolute atomic E-state index is 0.0430. The number of benzene rings is 2. The molecule has 1 aromatic heterocycles. The number of carbonyl (C=O) groups is 1. The Morgan fingerprint density at radius 1 is 1.11 bits per heavy atom. The van der Waals surface area contributed by atoms with Gasteiger partial charge in [-0.15, -0.1) is 23.1 Å². The highest BCUT2D eigenvalue weighted by atomic mass is 32.2. The molecule has 144 valence electrons. The maximum Gasteiger partial charge on any atom is 0.240 e. The van der Waals surface area contributed by atoms with Gasteiger partial charge < -0.3 is 9.64 Å². The van der Waals surface area contributed by atoms with E-state index in [1.165, 1.54) is 11.3 Å². The standard InChI is InChI=1S/C21H21N3O2S2/c1-23(2)16-8-4-15(5-9-16)20-24(19(25)13-27-20)21-22-18(12-28-21)14-6-10-17(26-3)11-7-14/h4-12,20H,13H2,1-3H3. The number of anilines is 2. The van der Waals surface area contributed by atoms with E-state index in [1.807, 2.05) is 48.6 Å². The average molecular weight is 412 g/mol. The van der Waals surface area contributed by atoms with Crippen molar-refractivity contribution >= 4 is 39.8 Å². The second-order valence-corrected chi connectivity index (χ2v) is 8.56. The van der Waals surface area contributed by atoms with Crippen LogP contribution in [-0.4, -0.2) is 37.8 Å². The first-order valence-electron chi connectivity index (χ1n) is 8.87. The summed E-state index contributed by atoms with van der Waals surface area (Å²) >= 11 is 3.15. The molecule has 1 fully saturated rings. The molecule has 1 atom stereocenters. The van der Waals surface area contributed by atoms with Crippen LogP contribution < -0.4 is 14.5 Å². The SMILES string of the molecule is COc1ccc(-c2csc(N3C(=O)CSC3c3ccc(N(C)C)cc3)n2)cc1. The monoisotopic (exact) mass is 411 g/mol. The molecule has 0 spiro atoms. The Morgan fingerprint density at radius 2 is 1.82 bits per heavy atom. The molecule has 1 aliphatic heterocycles. The van der Waals surface area contributed by atoms with E-state index in [4.69, 9.17) is 9.72 Å². The maximum atomic E-state index is 12.6. The molecule has 3 aromatic rings. The summed E-state index contributed by atoms with van der Waals surface area (Å²) in [4.78, 5) is 21.3. The summed E-state index contributed by atoms with van der Waals surface area (Å²) in [7, 11) is 5.69. The van der Waals surface area contributed by atoms with Crippen LogP contribution >= 0.6 is 23.1 Å². The molecule has 2 aromatic carbocycles. The van der Waals surface area contributed by atoms with Crippen molar-refractivity contribution in [2.45, 2.75) is 5.37 Å². The average Bonchev–Trinajstić information content (AvgIpc) is 3.34. The summed E-state index contributed by atoms with van der Waals surface area (Å²) in [6.45, 7) is 0. The van der Waals surface area contributed by atoms with Gasteiger partial charge >= 0.3 is 0 Å². The fourth-order valence-electron chi connectivity index (χ4n) is 3.08. The highest BCUT2D eigenvalue weighted by molar-refractivity contribution is 8.00. The zero-order valence-electron chi connectivity index (χ0n) is 16.0. The van der Waals surface area contributed by atoms with E-state index in [1.54, 1.807) is 18.9 Å². The highest BCUT2D eigenvalue weighted by Gasteiger charge is 2.35. The van der Waals surface area contributed by atoms with Gasteiger partial charge in [0, 0.05) is 30.7 Å². The number of methoxy groups -OCH3 is 1. The minimum Gasteiger partial charge on any atom is -0.497 e. The second-order valence-electron chi connectivity index (χ2n) is 6.66. The molecule has 2 heterocycles. The zero-order valence-corrected chi connectivity index (χ0v) is 17.6. The van der Waals surface area contributed by atoms with Gasteiger partial charge in [-0.05, 0) is 42.0 Å². The first-order chi connectivity index (χ1) is 13.6. The number of hydrogen-bond acceptors (Lipinski definition) is 6. The molecule has 0 aliphatic carbocycles. The number of ether oxygens (including phenoxy) is 1. The predicted octanol–water partition coefficient (Wildman–Crippen LogP) is 4.66. The zero-order chi connectivity index (χ0) is 19.7. The van der Waals surface area contributed by atoms with E-state index in [0.29, 0.717) is 5.75 Å². The van der Waals surface area contributed by atoms with Crippen LogP contribution in [0.3, 0.4) is 0 Å². The molecular formula is C21H21N3O2S2.